The first-order chi connectivity index (χ1) is 10.6. The van der Waals surface area contributed by atoms with Crippen LogP contribution >= 0.6 is 35.3 Å². The lowest BCUT2D eigenvalue weighted by Crippen LogP contribution is -2.43. The zero-order chi connectivity index (χ0) is 16.2. The van der Waals surface area contributed by atoms with Crippen molar-refractivity contribution >= 4 is 47.2 Å². The number of hydrogen-bond donors (Lipinski definition) is 2. The fourth-order valence-corrected chi connectivity index (χ4v) is 2.23. The second-order valence-corrected chi connectivity index (χ2v) is 5.70. The van der Waals surface area contributed by atoms with Crippen LogP contribution < -0.4 is 10.6 Å². The minimum absolute atomic E-state index is 0. The molecule has 8 heteroatoms. The van der Waals surface area contributed by atoms with Gasteiger partial charge in [0.15, 0.2) is 5.96 Å². The highest BCUT2D eigenvalue weighted by Crippen LogP contribution is 2.06. The van der Waals surface area contributed by atoms with Crippen LogP contribution in [-0.2, 0) is 16.1 Å². The molecule has 0 fully saturated rings. The van der Waals surface area contributed by atoms with Crippen molar-refractivity contribution in [2.45, 2.75) is 19.9 Å². The summed E-state index contributed by atoms with van der Waals surface area (Å²) in [6.07, 6.45) is 0.897. The molecule has 132 valence electrons. The van der Waals surface area contributed by atoms with Crippen molar-refractivity contribution in [2.75, 3.05) is 40.4 Å². The number of ether oxygens (including phenoxy) is 1. The van der Waals surface area contributed by atoms with E-state index in [2.05, 4.69) is 21.0 Å². The summed E-state index contributed by atoms with van der Waals surface area (Å²) in [6.45, 7) is 5.02. The number of halogens is 1. The van der Waals surface area contributed by atoms with Crippen molar-refractivity contribution in [1.82, 2.24) is 15.5 Å². The molecule has 6 nitrogen and oxygen atoms in total. The van der Waals surface area contributed by atoms with Crippen LogP contribution in [0.15, 0.2) is 21.8 Å². The number of rotatable bonds is 9. The number of hydrogen-bond acceptors (Lipinski definition) is 4. The van der Waals surface area contributed by atoms with Crippen LogP contribution in [0, 0.1) is 0 Å². The van der Waals surface area contributed by atoms with E-state index in [9.17, 15) is 4.79 Å². The van der Waals surface area contributed by atoms with Crippen LogP contribution in [0.5, 0.6) is 0 Å². The van der Waals surface area contributed by atoms with Crippen LogP contribution in [0.4, 0.5) is 0 Å². The van der Waals surface area contributed by atoms with E-state index >= 15 is 0 Å². The summed E-state index contributed by atoms with van der Waals surface area (Å²) in [5.41, 5.74) is 1.17. The summed E-state index contributed by atoms with van der Waals surface area (Å²) in [4.78, 5) is 17.7. The molecule has 0 aromatic carbocycles. The first-order valence-corrected chi connectivity index (χ1v) is 8.39. The predicted molar refractivity (Wildman–Crippen MR) is 107 cm³/mol. The monoisotopic (exact) mass is 454 g/mol. The molecule has 1 rings (SSSR count). The predicted octanol–water partition coefficient (Wildman–Crippen LogP) is 1.92. The molecule has 0 aliphatic heterocycles. The molecule has 0 bridgehead atoms. The highest BCUT2D eigenvalue weighted by molar-refractivity contribution is 14.0. The lowest BCUT2D eigenvalue weighted by atomic mass is 10.3. The van der Waals surface area contributed by atoms with Gasteiger partial charge in [-0.25, -0.2) is 4.99 Å². The Morgan fingerprint density at radius 3 is 2.78 bits per heavy atom. The maximum atomic E-state index is 11.7. The van der Waals surface area contributed by atoms with Gasteiger partial charge in [0, 0.05) is 33.9 Å². The minimum atomic E-state index is 0. The van der Waals surface area contributed by atoms with Gasteiger partial charge in [-0.15, -0.1) is 24.0 Å². The number of amides is 1. The van der Waals surface area contributed by atoms with Crippen LogP contribution in [0.25, 0.3) is 0 Å². The van der Waals surface area contributed by atoms with E-state index in [1.165, 1.54) is 5.56 Å². The number of nitrogens with one attached hydrogen (secondary N) is 2. The lowest BCUT2D eigenvalue weighted by molar-refractivity contribution is -0.127. The maximum Gasteiger partial charge on any atom is 0.241 e. The Balaban J connectivity index is 0.00000484. The Kier molecular flexibility index (Phi) is 13.0. The third-order valence-corrected chi connectivity index (χ3v) is 3.60. The van der Waals surface area contributed by atoms with Gasteiger partial charge in [0.1, 0.15) is 0 Å². The zero-order valence-electron chi connectivity index (χ0n) is 14.0. The summed E-state index contributed by atoms with van der Waals surface area (Å²) in [7, 11) is 3.48. The molecule has 2 N–H and O–H groups in total. The van der Waals surface area contributed by atoms with Crippen LogP contribution in [0.1, 0.15) is 18.9 Å². The molecule has 0 aliphatic carbocycles. The topological polar surface area (TPSA) is 66.0 Å². The molecule has 0 spiro atoms. The molecule has 23 heavy (non-hydrogen) atoms. The number of nitrogens with zero attached hydrogens (tertiary/aromatic N) is 2. The molecule has 1 aromatic rings. The fraction of sp³-hybridized carbons (Fsp3) is 0.600. The average Bonchev–Trinajstić information content (AvgIpc) is 3.01. The fourth-order valence-electron chi connectivity index (χ4n) is 1.57. The van der Waals surface area contributed by atoms with Gasteiger partial charge < -0.3 is 20.3 Å². The summed E-state index contributed by atoms with van der Waals surface area (Å²) < 4.78 is 5.30. The van der Waals surface area contributed by atoms with E-state index in [-0.39, 0.29) is 36.4 Å². The quantitative estimate of drug-likeness (QED) is 0.259. The Morgan fingerprint density at radius 2 is 2.17 bits per heavy atom. The highest BCUT2D eigenvalue weighted by Gasteiger charge is 2.05. The zero-order valence-corrected chi connectivity index (χ0v) is 17.1. The van der Waals surface area contributed by atoms with Crippen molar-refractivity contribution in [3.05, 3.63) is 22.4 Å². The van der Waals surface area contributed by atoms with Crippen molar-refractivity contribution in [3.8, 4) is 0 Å². The van der Waals surface area contributed by atoms with Gasteiger partial charge in [-0.1, -0.05) is 0 Å². The summed E-state index contributed by atoms with van der Waals surface area (Å²) >= 11 is 1.65. The molecule has 1 aromatic heterocycles. The van der Waals surface area contributed by atoms with Crippen molar-refractivity contribution in [2.24, 2.45) is 4.99 Å². The van der Waals surface area contributed by atoms with E-state index in [1.807, 2.05) is 18.4 Å². The number of carbonyl (C=O) groups is 1. The largest absolute Gasteiger partial charge is 0.382 e. The normalized spacial score (nSPS) is 10.8. The highest BCUT2D eigenvalue weighted by atomic mass is 127. The first-order valence-electron chi connectivity index (χ1n) is 7.44. The molecule has 0 radical (unpaired) electrons. The first kappa shape index (κ1) is 22.1. The summed E-state index contributed by atoms with van der Waals surface area (Å²) in [5.74, 6) is 0.664. The van der Waals surface area contributed by atoms with E-state index < -0.39 is 0 Å². The molecule has 0 unspecified atom stereocenters. The minimum Gasteiger partial charge on any atom is -0.382 e. The van der Waals surface area contributed by atoms with E-state index in [0.29, 0.717) is 12.5 Å². The molecule has 0 aliphatic rings. The lowest BCUT2D eigenvalue weighted by Gasteiger charge is -2.15. The average molecular weight is 454 g/mol. The van der Waals surface area contributed by atoms with Crippen molar-refractivity contribution in [1.29, 1.82) is 0 Å². The van der Waals surface area contributed by atoms with Gasteiger partial charge in [0.25, 0.3) is 0 Å². The number of carbonyl (C=O) groups excluding carboxylic acids is 1. The van der Waals surface area contributed by atoms with Crippen molar-refractivity contribution < 1.29 is 9.53 Å². The van der Waals surface area contributed by atoms with Gasteiger partial charge in [-0.2, -0.15) is 11.3 Å². The SMILES string of the molecule is CCOCCCNC(=NCc1ccsc1)NCC(=O)N(C)C.I. The number of thiophene rings is 1. The van der Waals surface area contributed by atoms with Crippen LogP contribution in [-0.4, -0.2) is 57.2 Å². The number of aliphatic imine (C=N–C) groups is 1. The van der Waals surface area contributed by atoms with E-state index in [0.717, 1.165) is 26.2 Å². The van der Waals surface area contributed by atoms with Crippen LogP contribution in [0.3, 0.4) is 0 Å². The Hall–Kier alpha value is -0.870. The smallest absolute Gasteiger partial charge is 0.241 e. The van der Waals surface area contributed by atoms with E-state index in [4.69, 9.17) is 4.74 Å². The number of guanidine groups is 1. The second kappa shape index (κ2) is 13.6. The van der Waals surface area contributed by atoms with Crippen molar-refractivity contribution in [3.63, 3.8) is 0 Å². The van der Waals surface area contributed by atoms with Gasteiger partial charge in [-0.3, -0.25) is 4.79 Å². The van der Waals surface area contributed by atoms with Gasteiger partial charge >= 0.3 is 0 Å². The Bertz CT molecular complexity index is 452. The molecule has 1 heterocycles. The molecule has 1 amide bonds. The molecular formula is C15H27IN4O2S. The van der Waals surface area contributed by atoms with Crippen LogP contribution in [0.2, 0.25) is 0 Å². The third kappa shape index (κ3) is 10.5. The van der Waals surface area contributed by atoms with E-state index in [1.54, 1.807) is 30.3 Å². The summed E-state index contributed by atoms with van der Waals surface area (Å²) in [6, 6.07) is 2.05. The number of likely N-dealkylation sites (N-methyl/N-ethyl adjacent to an activating group) is 1. The summed E-state index contributed by atoms with van der Waals surface area (Å²) in [5, 5.41) is 10.4. The molecule has 0 atom stereocenters. The Morgan fingerprint density at radius 1 is 1.39 bits per heavy atom. The maximum absolute atomic E-state index is 11.7. The van der Waals surface area contributed by atoms with Gasteiger partial charge in [-0.05, 0) is 35.7 Å². The van der Waals surface area contributed by atoms with Gasteiger partial charge in [0.2, 0.25) is 5.91 Å². The third-order valence-electron chi connectivity index (χ3n) is 2.87. The standard InChI is InChI=1S/C15H26N4O2S.HI/c1-4-21-8-5-7-16-15(18-11-14(20)19(2)3)17-10-13-6-9-22-12-13;/h6,9,12H,4-5,7-8,10-11H2,1-3H3,(H2,16,17,18);1H. The second-order valence-electron chi connectivity index (χ2n) is 4.92. The molecule has 0 saturated heterocycles. The molecular weight excluding hydrogens is 427 g/mol. The Labute approximate surface area is 159 Å². The molecule has 0 saturated carbocycles. The van der Waals surface area contributed by atoms with Gasteiger partial charge in [0.05, 0.1) is 13.1 Å².